The van der Waals surface area contributed by atoms with Gasteiger partial charge in [0.05, 0.1) is 5.41 Å². The molecule has 1 nitrogen and oxygen atoms in total. The molecule has 1 unspecified atom stereocenters. The molecular weight excluding hydrogens is 699 g/mol. The normalized spacial score (nSPS) is 13.1. The average Bonchev–Trinajstić information content (AvgIpc) is 3.56. The lowest BCUT2D eigenvalue weighted by atomic mass is 9.67. The topological polar surface area (TPSA) is 3.24 Å². The number of aryl methyl sites for hydroxylation is 5. The third kappa shape index (κ3) is 7.07. The van der Waals surface area contributed by atoms with Gasteiger partial charge in [0.15, 0.2) is 0 Å². The van der Waals surface area contributed by atoms with E-state index in [4.69, 9.17) is 0 Å². The number of nitrogens with zero attached hydrogens (tertiary/aromatic N) is 1. The van der Waals surface area contributed by atoms with Crippen LogP contribution in [0.3, 0.4) is 0 Å². The van der Waals surface area contributed by atoms with Gasteiger partial charge in [0.25, 0.3) is 0 Å². The van der Waals surface area contributed by atoms with Gasteiger partial charge in [0.2, 0.25) is 0 Å². The summed E-state index contributed by atoms with van der Waals surface area (Å²) in [5.41, 5.74) is 20.1. The molecule has 1 atom stereocenters. The van der Waals surface area contributed by atoms with E-state index in [1.54, 1.807) is 0 Å². The van der Waals surface area contributed by atoms with Crippen molar-refractivity contribution in [2.24, 2.45) is 0 Å². The number of anilines is 3. The van der Waals surface area contributed by atoms with E-state index >= 15 is 0 Å². The molecule has 0 aromatic heterocycles. The van der Waals surface area contributed by atoms with E-state index in [-0.39, 0.29) is 0 Å². The number of benzene rings is 8. The molecule has 0 bridgehead atoms. The van der Waals surface area contributed by atoms with Gasteiger partial charge in [-0.15, -0.1) is 0 Å². The van der Waals surface area contributed by atoms with Gasteiger partial charge in [-0.2, -0.15) is 0 Å². The Bertz CT molecular complexity index is 2540. The highest BCUT2D eigenvalue weighted by atomic mass is 15.1. The Morgan fingerprint density at radius 1 is 0.397 bits per heavy atom. The zero-order valence-corrected chi connectivity index (χ0v) is 34.1. The third-order valence-corrected chi connectivity index (χ3v) is 12.4. The quantitative estimate of drug-likeness (QED) is 0.127. The average molecular weight is 750 g/mol. The second-order valence-electron chi connectivity index (χ2n) is 16.4. The van der Waals surface area contributed by atoms with Crippen LogP contribution in [0.25, 0.3) is 11.1 Å². The van der Waals surface area contributed by atoms with Crippen LogP contribution < -0.4 is 4.90 Å². The SMILES string of the molecule is Cc1ccc(CCC(Cc2ccc(C)cc2)c2ccc(C3(c4ccc(N(c5ccc(C)cc5)c5ccc(C)cc5)cc4)c4ccccc4-c4ccccc43)cc2)cc1. The number of rotatable bonds is 11. The van der Waals surface area contributed by atoms with Crippen molar-refractivity contribution in [3.8, 4) is 11.1 Å². The molecule has 8 aromatic carbocycles. The maximum absolute atomic E-state index is 2.43. The Balaban J connectivity index is 1.15. The molecular formula is C57H51N. The minimum atomic E-state index is -0.475. The van der Waals surface area contributed by atoms with Gasteiger partial charge >= 0.3 is 0 Å². The van der Waals surface area contributed by atoms with Crippen molar-refractivity contribution >= 4 is 17.1 Å². The fourth-order valence-electron chi connectivity index (χ4n) is 9.22. The molecule has 9 rings (SSSR count). The molecule has 0 spiro atoms. The van der Waals surface area contributed by atoms with Crippen molar-refractivity contribution < 1.29 is 0 Å². The minimum absolute atomic E-state index is 0.394. The predicted octanol–water partition coefficient (Wildman–Crippen LogP) is 14.7. The van der Waals surface area contributed by atoms with Gasteiger partial charge in [-0.3, -0.25) is 0 Å². The van der Waals surface area contributed by atoms with Gasteiger partial charge in [0.1, 0.15) is 0 Å². The van der Waals surface area contributed by atoms with Gasteiger partial charge in [-0.05, 0) is 139 Å². The van der Waals surface area contributed by atoms with E-state index in [9.17, 15) is 0 Å². The number of fused-ring (bicyclic) bond motifs is 3. The Kier molecular flexibility index (Phi) is 10.1. The first kappa shape index (κ1) is 37.2. The van der Waals surface area contributed by atoms with Crippen molar-refractivity contribution in [1.29, 1.82) is 0 Å². The predicted molar refractivity (Wildman–Crippen MR) is 245 cm³/mol. The van der Waals surface area contributed by atoms with Crippen LogP contribution in [0.15, 0.2) is 194 Å². The molecule has 0 saturated heterocycles. The van der Waals surface area contributed by atoms with Crippen LogP contribution >= 0.6 is 0 Å². The maximum atomic E-state index is 2.43. The van der Waals surface area contributed by atoms with Crippen LogP contribution in [0.1, 0.15) is 73.5 Å². The van der Waals surface area contributed by atoms with E-state index in [0.29, 0.717) is 5.92 Å². The lowest BCUT2D eigenvalue weighted by Crippen LogP contribution is -2.28. The molecule has 0 heterocycles. The van der Waals surface area contributed by atoms with Crippen LogP contribution in [0, 0.1) is 27.7 Å². The van der Waals surface area contributed by atoms with E-state index in [0.717, 1.165) is 36.3 Å². The van der Waals surface area contributed by atoms with Crippen molar-refractivity contribution in [2.45, 2.75) is 58.3 Å². The van der Waals surface area contributed by atoms with E-state index in [2.05, 4.69) is 227 Å². The van der Waals surface area contributed by atoms with Crippen molar-refractivity contribution in [3.63, 3.8) is 0 Å². The van der Waals surface area contributed by atoms with Crippen molar-refractivity contribution in [1.82, 2.24) is 0 Å². The summed E-state index contributed by atoms with van der Waals surface area (Å²) >= 11 is 0. The molecule has 1 aliphatic rings. The van der Waals surface area contributed by atoms with Gasteiger partial charge in [-0.25, -0.2) is 0 Å². The third-order valence-electron chi connectivity index (χ3n) is 12.4. The highest BCUT2D eigenvalue weighted by Crippen LogP contribution is 2.56. The Hall–Kier alpha value is -6.44. The molecule has 1 heteroatoms. The fourth-order valence-corrected chi connectivity index (χ4v) is 9.22. The summed E-state index contributed by atoms with van der Waals surface area (Å²) in [5.74, 6) is 0.394. The molecule has 284 valence electrons. The van der Waals surface area contributed by atoms with Crippen molar-refractivity contribution in [3.05, 3.63) is 255 Å². The van der Waals surface area contributed by atoms with Crippen LogP contribution in [0.2, 0.25) is 0 Å². The maximum Gasteiger partial charge on any atom is 0.0713 e. The molecule has 0 amide bonds. The summed E-state index contributed by atoms with van der Waals surface area (Å²) in [6.45, 7) is 8.63. The van der Waals surface area contributed by atoms with Gasteiger partial charge in [-0.1, -0.05) is 180 Å². The minimum Gasteiger partial charge on any atom is -0.311 e. The van der Waals surface area contributed by atoms with Crippen LogP contribution in [0.5, 0.6) is 0 Å². The standard InChI is InChI=1S/C57H51N/c1-40-13-21-44(22-14-40)25-26-47(39-45-23-15-41(2)16-24-45)46-27-29-48(30-28-46)57(55-11-7-5-9-53(55)54-10-6-8-12-56(54)57)49-31-37-52(38-32-49)58(50-33-17-42(3)18-34-50)51-35-19-43(4)20-36-51/h5-24,27-38,47H,25-26,39H2,1-4H3. The molecule has 8 aromatic rings. The Morgan fingerprint density at radius 3 is 1.24 bits per heavy atom. The first-order valence-electron chi connectivity index (χ1n) is 20.8. The lowest BCUT2D eigenvalue weighted by Gasteiger charge is -2.35. The molecule has 0 fully saturated rings. The molecule has 0 aliphatic heterocycles. The molecule has 0 radical (unpaired) electrons. The van der Waals surface area contributed by atoms with Crippen LogP contribution in [-0.2, 0) is 18.3 Å². The highest BCUT2D eigenvalue weighted by molar-refractivity contribution is 5.86. The molecule has 0 N–H and O–H groups in total. The zero-order chi connectivity index (χ0) is 39.6. The summed E-state index contributed by atoms with van der Waals surface area (Å²) < 4.78 is 0. The Morgan fingerprint density at radius 2 is 0.776 bits per heavy atom. The zero-order valence-electron chi connectivity index (χ0n) is 34.1. The second-order valence-corrected chi connectivity index (χ2v) is 16.4. The van der Waals surface area contributed by atoms with Crippen LogP contribution in [-0.4, -0.2) is 0 Å². The lowest BCUT2D eigenvalue weighted by molar-refractivity contribution is 0.620. The first-order chi connectivity index (χ1) is 28.4. The monoisotopic (exact) mass is 749 g/mol. The summed E-state index contributed by atoms with van der Waals surface area (Å²) in [7, 11) is 0. The number of hydrogen-bond donors (Lipinski definition) is 0. The largest absolute Gasteiger partial charge is 0.311 e. The summed E-state index contributed by atoms with van der Waals surface area (Å²) in [4.78, 5) is 2.37. The van der Waals surface area contributed by atoms with Crippen LogP contribution in [0.4, 0.5) is 17.1 Å². The second kappa shape index (κ2) is 15.8. The number of hydrogen-bond acceptors (Lipinski definition) is 1. The smallest absolute Gasteiger partial charge is 0.0713 e. The van der Waals surface area contributed by atoms with Crippen molar-refractivity contribution in [2.75, 3.05) is 4.90 Å². The van der Waals surface area contributed by atoms with E-state index in [1.807, 2.05) is 0 Å². The molecule has 58 heavy (non-hydrogen) atoms. The van der Waals surface area contributed by atoms with E-state index in [1.165, 1.54) is 72.3 Å². The van der Waals surface area contributed by atoms with E-state index < -0.39 is 5.41 Å². The molecule has 1 aliphatic carbocycles. The Labute approximate surface area is 345 Å². The van der Waals surface area contributed by atoms with Gasteiger partial charge in [0, 0.05) is 17.1 Å². The fraction of sp³-hybridized carbons (Fsp3) is 0.158. The summed E-state index contributed by atoms with van der Waals surface area (Å²) in [6, 6.07) is 73.1. The summed E-state index contributed by atoms with van der Waals surface area (Å²) in [5, 5.41) is 0. The van der Waals surface area contributed by atoms with Gasteiger partial charge < -0.3 is 4.90 Å². The highest BCUT2D eigenvalue weighted by Gasteiger charge is 2.46. The molecule has 0 saturated carbocycles. The first-order valence-corrected chi connectivity index (χ1v) is 20.8. The summed E-state index contributed by atoms with van der Waals surface area (Å²) in [6.07, 6.45) is 3.16.